The first-order chi connectivity index (χ1) is 9.56. The molecule has 0 fully saturated rings. The van der Waals surface area contributed by atoms with E-state index in [0.29, 0.717) is 0 Å². The summed E-state index contributed by atoms with van der Waals surface area (Å²) in [6.45, 7) is 1.89. The van der Waals surface area contributed by atoms with Gasteiger partial charge in [0.25, 0.3) is 0 Å². The lowest BCUT2D eigenvalue weighted by atomic mass is 10.0. The number of hydrogen-bond acceptors (Lipinski definition) is 2. The lowest BCUT2D eigenvalue weighted by molar-refractivity contribution is -0.138. The van der Waals surface area contributed by atoms with Gasteiger partial charge in [-0.25, -0.2) is 0 Å². The third kappa shape index (κ3) is 3.57. The van der Waals surface area contributed by atoms with E-state index in [2.05, 4.69) is 5.32 Å². The zero-order valence-corrected chi connectivity index (χ0v) is 11.3. The number of hydrogen-bond donors (Lipinski definition) is 2. The highest BCUT2D eigenvalue weighted by atomic mass is 16.4. The molecule has 2 aromatic carbocycles. The van der Waals surface area contributed by atoms with Gasteiger partial charge in [-0.05, 0) is 29.3 Å². The number of carboxylic acid groups (broad SMARTS) is 1. The van der Waals surface area contributed by atoms with Crippen LogP contribution in [0.4, 0.5) is 0 Å². The minimum Gasteiger partial charge on any atom is -0.481 e. The molecule has 4 heteroatoms. The average Bonchev–Trinajstić information content (AvgIpc) is 2.44. The normalized spacial score (nSPS) is 12.1. The van der Waals surface area contributed by atoms with Gasteiger partial charge in [0, 0.05) is 6.42 Å². The largest absolute Gasteiger partial charge is 0.481 e. The van der Waals surface area contributed by atoms with E-state index in [1.807, 2.05) is 49.4 Å². The van der Waals surface area contributed by atoms with E-state index in [0.717, 1.165) is 16.3 Å². The molecule has 4 nitrogen and oxygen atoms in total. The van der Waals surface area contributed by atoms with Crippen LogP contribution >= 0.6 is 0 Å². The molecule has 0 saturated heterocycles. The SMILES string of the molecule is C[C@@H](NC(=O)CCC(=O)O)c1ccc2ccccc2c1. The third-order valence-corrected chi connectivity index (χ3v) is 3.22. The minimum atomic E-state index is -0.960. The van der Waals surface area contributed by atoms with Crippen LogP contribution in [0.5, 0.6) is 0 Å². The lowest BCUT2D eigenvalue weighted by Crippen LogP contribution is -2.26. The standard InChI is InChI=1S/C16H17NO3/c1-11(17-15(18)8-9-16(19)20)13-7-6-12-4-2-3-5-14(12)10-13/h2-7,10-11H,8-9H2,1H3,(H,17,18)(H,19,20)/t11-/m1/s1. The van der Waals surface area contributed by atoms with Crippen molar-refractivity contribution in [1.82, 2.24) is 5.32 Å². The van der Waals surface area contributed by atoms with Crippen molar-refractivity contribution in [3.05, 3.63) is 48.0 Å². The van der Waals surface area contributed by atoms with Crippen molar-refractivity contribution in [3.8, 4) is 0 Å². The molecule has 1 atom stereocenters. The molecule has 2 rings (SSSR count). The monoisotopic (exact) mass is 271 g/mol. The number of aliphatic carboxylic acids is 1. The van der Waals surface area contributed by atoms with E-state index < -0.39 is 5.97 Å². The van der Waals surface area contributed by atoms with Crippen LogP contribution in [-0.2, 0) is 9.59 Å². The number of fused-ring (bicyclic) bond motifs is 1. The van der Waals surface area contributed by atoms with Gasteiger partial charge in [0.05, 0.1) is 12.5 Å². The molecule has 0 saturated carbocycles. The molecule has 0 aromatic heterocycles. The number of carbonyl (C=O) groups is 2. The summed E-state index contributed by atoms with van der Waals surface area (Å²) in [5.74, 6) is -1.20. The Kier molecular flexibility index (Phi) is 4.35. The predicted octanol–water partition coefficient (Wildman–Crippen LogP) is 2.88. The van der Waals surface area contributed by atoms with Crippen LogP contribution in [0.2, 0.25) is 0 Å². The number of amides is 1. The third-order valence-electron chi connectivity index (χ3n) is 3.22. The zero-order chi connectivity index (χ0) is 14.5. The predicted molar refractivity (Wildman–Crippen MR) is 77.4 cm³/mol. The van der Waals surface area contributed by atoms with Crippen LogP contribution in [0.1, 0.15) is 31.4 Å². The topological polar surface area (TPSA) is 66.4 Å². The second-order valence-corrected chi connectivity index (χ2v) is 4.79. The summed E-state index contributed by atoms with van der Waals surface area (Å²) in [7, 11) is 0. The number of rotatable bonds is 5. The summed E-state index contributed by atoms with van der Waals surface area (Å²) in [6, 6.07) is 13.9. The van der Waals surface area contributed by atoms with Crippen LogP contribution < -0.4 is 5.32 Å². The van der Waals surface area contributed by atoms with E-state index in [4.69, 9.17) is 5.11 Å². The Morgan fingerprint density at radius 2 is 1.80 bits per heavy atom. The molecule has 0 spiro atoms. The van der Waals surface area contributed by atoms with Gasteiger partial charge >= 0.3 is 5.97 Å². The summed E-state index contributed by atoms with van der Waals surface area (Å²) in [5.41, 5.74) is 1.01. The van der Waals surface area contributed by atoms with Crippen LogP contribution in [0.25, 0.3) is 10.8 Å². The van der Waals surface area contributed by atoms with Crippen molar-refractivity contribution in [2.24, 2.45) is 0 Å². The molecule has 0 aliphatic carbocycles. The Morgan fingerprint density at radius 1 is 1.10 bits per heavy atom. The first kappa shape index (κ1) is 14.1. The maximum atomic E-state index is 11.6. The van der Waals surface area contributed by atoms with Crippen molar-refractivity contribution in [2.75, 3.05) is 0 Å². The molecule has 0 bridgehead atoms. The maximum Gasteiger partial charge on any atom is 0.303 e. The number of nitrogens with one attached hydrogen (secondary N) is 1. The molecule has 104 valence electrons. The van der Waals surface area contributed by atoms with E-state index in [1.54, 1.807) is 0 Å². The molecule has 2 N–H and O–H groups in total. The number of benzene rings is 2. The maximum absolute atomic E-state index is 11.6. The van der Waals surface area contributed by atoms with Gasteiger partial charge in [0.1, 0.15) is 0 Å². The van der Waals surface area contributed by atoms with Gasteiger partial charge in [0.15, 0.2) is 0 Å². The summed E-state index contributed by atoms with van der Waals surface area (Å²) < 4.78 is 0. The lowest BCUT2D eigenvalue weighted by Gasteiger charge is -2.14. The first-order valence-electron chi connectivity index (χ1n) is 6.56. The molecule has 0 aliphatic rings. The van der Waals surface area contributed by atoms with Gasteiger partial charge in [-0.15, -0.1) is 0 Å². The minimum absolute atomic E-state index is 0.00720. The smallest absolute Gasteiger partial charge is 0.303 e. The Labute approximate surface area is 117 Å². The van der Waals surface area contributed by atoms with Gasteiger partial charge in [-0.2, -0.15) is 0 Å². The van der Waals surface area contributed by atoms with E-state index >= 15 is 0 Å². The Hall–Kier alpha value is -2.36. The van der Waals surface area contributed by atoms with Crippen LogP contribution in [0, 0.1) is 0 Å². The Bertz CT molecular complexity index is 636. The van der Waals surface area contributed by atoms with Crippen molar-refractivity contribution in [1.29, 1.82) is 0 Å². The van der Waals surface area contributed by atoms with Crippen molar-refractivity contribution in [3.63, 3.8) is 0 Å². The fourth-order valence-corrected chi connectivity index (χ4v) is 2.09. The molecule has 0 aliphatic heterocycles. The van der Waals surface area contributed by atoms with Gasteiger partial charge in [-0.3, -0.25) is 9.59 Å². The molecular formula is C16H17NO3. The fourth-order valence-electron chi connectivity index (χ4n) is 2.09. The van der Waals surface area contributed by atoms with E-state index in [1.165, 1.54) is 0 Å². The van der Waals surface area contributed by atoms with Crippen LogP contribution in [0.15, 0.2) is 42.5 Å². The van der Waals surface area contributed by atoms with Crippen LogP contribution in [-0.4, -0.2) is 17.0 Å². The molecule has 2 aromatic rings. The van der Waals surface area contributed by atoms with Crippen molar-refractivity contribution in [2.45, 2.75) is 25.8 Å². The van der Waals surface area contributed by atoms with E-state index in [-0.39, 0.29) is 24.8 Å². The Balaban J connectivity index is 2.05. The summed E-state index contributed by atoms with van der Waals surface area (Å²) in [5, 5.41) is 13.6. The van der Waals surface area contributed by atoms with Gasteiger partial charge in [0.2, 0.25) is 5.91 Å². The van der Waals surface area contributed by atoms with Crippen molar-refractivity contribution < 1.29 is 14.7 Å². The highest BCUT2D eigenvalue weighted by Gasteiger charge is 2.11. The average molecular weight is 271 g/mol. The molecule has 0 radical (unpaired) electrons. The molecular weight excluding hydrogens is 254 g/mol. The van der Waals surface area contributed by atoms with Crippen molar-refractivity contribution >= 4 is 22.6 Å². The molecule has 0 heterocycles. The van der Waals surface area contributed by atoms with Gasteiger partial charge in [-0.1, -0.05) is 36.4 Å². The molecule has 1 amide bonds. The summed E-state index contributed by atoms with van der Waals surface area (Å²) in [6.07, 6.45) is -0.135. The van der Waals surface area contributed by atoms with Gasteiger partial charge < -0.3 is 10.4 Å². The summed E-state index contributed by atoms with van der Waals surface area (Å²) >= 11 is 0. The molecule has 20 heavy (non-hydrogen) atoms. The van der Waals surface area contributed by atoms with Crippen LogP contribution in [0.3, 0.4) is 0 Å². The fraction of sp³-hybridized carbons (Fsp3) is 0.250. The highest BCUT2D eigenvalue weighted by Crippen LogP contribution is 2.20. The first-order valence-corrected chi connectivity index (χ1v) is 6.56. The quantitative estimate of drug-likeness (QED) is 0.878. The Morgan fingerprint density at radius 3 is 2.50 bits per heavy atom. The molecule has 0 unspecified atom stereocenters. The zero-order valence-electron chi connectivity index (χ0n) is 11.3. The number of carboxylic acids is 1. The second kappa shape index (κ2) is 6.19. The van der Waals surface area contributed by atoms with E-state index in [9.17, 15) is 9.59 Å². The summed E-state index contributed by atoms with van der Waals surface area (Å²) in [4.78, 5) is 22.0. The second-order valence-electron chi connectivity index (χ2n) is 4.79. The highest BCUT2D eigenvalue weighted by molar-refractivity contribution is 5.84. The number of carbonyl (C=O) groups excluding carboxylic acids is 1.